The average Bonchev–Trinajstić information content (AvgIpc) is 2.14. The van der Waals surface area contributed by atoms with Crippen molar-refractivity contribution in [1.29, 1.82) is 0 Å². The number of benzene rings is 1. The van der Waals surface area contributed by atoms with Gasteiger partial charge in [-0.3, -0.25) is 0 Å². The van der Waals surface area contributed by atoms with E-state index in [2.05, 4.69) is 9.47 Å². The Hall–Kier alpha value is -1.85. The maximum absolute atomic E-state index is 12.9. The van der Waals surface area contributed by atoms with E-state index in [0.29, 0.717) is 6.07 Å². The van der Waals surface area contributed by atoms with Crippen LogP contribution in [0.1, 0.15) is 0 Å². The van der Waals surface area contributed by atoms with E-state index in [1.165, 1.54) is 0 Å². The molecule has 0 unspecified atom stereocenters. The normalized spacial score (nSPS) is 9.64. The van der Waals surface area contributed by atoms with Gasteiger partial charge in [-0.25, -0.2) is 13.6 Å². The van der Waals surface area contributed by atoms with Gasteiger partial charge in [0.05, 0.1) is 12.8 Å². The second-order valence-corrected chi connectivity index (χ2v) is 2.36. The summed E-state index contributed by atoms with van der Waals surface area (Å²) in [5.41, 5.74) is 4.82. The molecular weight excluding hydrogens is 196 g/mol. The zero-order valence-electron chi connectivity index (χ0n) is 7.21. The van der Waals surface area contributed by atoms with Gasteiger partial charge in [0.25, 0.3) is 0 Å². The topological polar surface area (TPSA) is 61.5 Å². The van der Waals surface area contributed by atoms with Gasteiger partial charge in [-0.15, -0.1) is 0 Å². The van der Waals surface area contributed by atoms with Crippen molar-refractivity contribution >= 4 is 11.8 Å². The lowest BCUT2D eigenvalue weighted by molar-refractivity contribution is 0.119. The Morgan fingerprint density at radius 1 is 1.36 bits per heavy atom. The third-order valence-electron chi connectivity index (χ3n) is 1.41. The maximum Gasteiger partial charge on any atom is 0.513 e. The van der Waals surface area contributed by atoms with Crippen molar-refractivity contribution in [3.63, 3.8) is 0 Å². The first-order chi connectivity index (χ1) is 6.54. The van der Waals surface area contributed by atoms with Crippen molar-refractivity contribution < 1.29 is 23.0 Å². The molecule has 0 saturated carbocycles. The molecule has 1 rings (SSSR count). The van der Waals surface area contributed by atoms with Crippen LogP contribution in [0.4, 0.5) is 19.3 Å². The maximum atomic E-state index is 12.9. The van der Waals surface area contributed by atoms with Gasteiger partial charge >= 0.3 is 6.16 Å². The summed E-state index contributed by atoms with van der Waals surface area (Å²) in [7, 11) is 1.06. The molecule has 0 radical (unpaired) electrons. The Bertz CT molecular complexity index is 368. The number of carbonyl (C=O) groups is 1. The van der Waals surface area contributed by atoms with E-state index in [1.54, 1.807) is 0 Å². The summed E-state index contributed by atoms with van der Waals surface area (Å²) < 4.78 is 34.0. The minimum absolute atomic E-state index is 0.315. The molecule has 1 aromatic rings. The number of nitrogen functional groups attached to an aromatic ring is 1. The fourth-order valence-corrected chi connectivity index (χ4v) is 0.755. The van der Waals surface area contributed by atoms with Gasteiger partial charge in [-0.1, -0.05) is 0 Å². The minimum Gasteiger partial charge on any atom is -0.437 e. The van der Waals surface area contributed by atoms with Crippen LogP contribution in [-0.2, 0) is 4.74 Å². The van der Waals surface area contributed by atoms with Gasteiger partial charge in [0.1, 0.15) is 5.82 Å². The van der Waals surface area contributed by atoms with Crippen LogP contribution < -0.4 is 10.5 Å². The number of hydrogen-bond acceptors (Lipinski definition) is 4. The van der Waals surface area contributed by atoms with Gasteiger partial charge in [-0.2, -0.15) is 0 Å². The highest BCUT2D eigenvalue weighted by molar-refractivity contribution is 5.64. The SMILES string of the molecule is COC(=O)Oc1cc(N)c(F)cc1F. The zero-order chi connectivity index (χ0) is 10.7. The molecule has 0 aliphatic rings. The molecule has 0 atom stereocenters. The fraction of sp³-hybridized carbons (Fsp3) is 0.125. The van der Waals surface area contributed by atoms with E-state index in [4.69, 9.17) is 5.73 Å². The molecular formula is C8H7F2NO3. The van der Waals surface area contributed by atoms with Crippen LogP contribution in [0.5, 0.6) is 5.75 Å². The lowest BCUT2D eigenvalue weighted by Gasteiger charge is -2.05. The van der Waals surface area contributed by atoms with Crippen LogP contribution in [0.2, 0.25) is 0 Å². The highest BCUT2D eigenvalue weighted by Crippen LogP contribution is 2.23. The summed E-state index contributed by atoms with van der Waals surface area (Å²) in [4.78, 5) is 10.6. The third kappa shape index (κ3) is 2.09. The number of hydrogen-bond donors (Lipinski definition) is 1. The molecule has 0 saturated heterocycles. The van der Waals surface area contributed by atoms with E-state index in [9.17, 15) is 13.6 Å². The fourth-order valence-electron chi connectivity index (χ4n) is 0.755. The summed E-state index contributed by atoms with van der Waals surface area (Å²) in [5.74, 6) is -2.42. The average molecular weight is 203 g/mol. The quantitative estimate of drug-likeness (QED) is 0.428. The van der Waals surface area contributed by atoms with Crippen LogP contribution in [0, 0.1) is 11.6 Å². The zero-order valence-corrected chi connectivity index (χ0v) is 7.21. The molecule has 76 valence electrons. The second kappa shape index (κ2) is 3.91. The van der Waals surface area contributed by atoms with Gasteiger partial charge in [-0.05, 0) is 0 Å². The first kappa shape index (κ1) is 10.2. The first-order valence-corrected chi connectivity index (χ1v) is 3.55. The highest BCUT2D eigenvalue weighted by Gasteiger charge is 2.12. The number of anilines is 1. The Morgan fingerprint density at radius 2 is 2.00 bits per heavy atom. The Kier molecular flexibility index (Phi) is 2.85. The van der Waals surface area contributed by atoms with Crippen LogP contribution >= 0.6 is 0 Å². The Labute approximate surface area is 78.2 Å². The monoisotopic (exact) mass is 203 g/mol. The lowest BCUT2D eigenvalue weighted by Crippen LogP contribution is -2.09. The van der Waals surface area contributed by atoms with E-state index < -0.39 is 23.5 Å². The predicted molar refractivity (Wildman–Crippen MR) is 43.8 cm³/mol. The molecule has 14 heavy (non-hydrogen) atoms. The molecule has 4 nitrogen and oxygen atoms in total. The smallest absolute Gasteiger partial charge is 0.437 e. The van der Waals surface area contributed by atoms with Crippen LogP contribution in [0.15, 0.2) is 12.1 Å². The number of ether oxygens (including phenoxy) is 2. The molecule has 0 aromatic heterocycles. The van der Waals surface area contributed by atoms with Gasteiger partial charge in [0, 0.05) is 12.1 Å². The van der Waals surface area contributed by atoms with E-state index in [1.807, 2.05) is 0 Å². The highest BCUT2D eigenvalue weighted by atomic mass is 19.1. The number of rotatable bonds is 1. The first-order valence-electron chi connectivity index (χ1n) is 3.55. The Morgan fingerprint density at radius 3 is 2.57 bits per heavy atom. The summed E-state index contributed by atoms with van der Waals surface area (Å²) in [6, 6.07) is 1.38. The molecule has 0 spiro atoms. The minimum atomic E-state index is -1.10. The molecule has 0 aliphatic heterocycles. The van der Waals surface area contributed by atoms with Crippen molar-refractivity contribution in [1.82, 2.24) is 0 Å². The number of nitrogens with two attached hydrogens (primary N) is 1. The van der Waals surface area contributed by atoms with Crippen LogP contribution in [-0.4, -0.2) is 13.3 Å². The largest absolute Gasteiger partial charge is 0.513 e. The third-order valence-corrected chi connectivity index (χ3v) is 1.41. The van der Waals surface area contributed by atoms with Crippen molar-refractivity contribution in [3.05, 3.63) is 23.8 Å². The molecule has 0 amide bonds. The van der Waals surface area contributed by atoms with Crippen molar-refractivity contribution in [2.75, 3.05) is 12.8 Å². The van der Waals surface area contributed by atoms with E-state index in [-0.39, 0.29) is 5.69 Å². The molecule has 1 aromatic carbocycles. The van der Waals surface area contributed by atoms with Gasteiger partial charge in [0.15, 0.2) is 11.6 Å². The summed E-state index contributed by atoms with van der Waals surface area (Å²) >= 11 is 0. The van der Waals surface area contributed by atoms with Crippen molar-refractivity contribution in [2.24, 2.45) is 0 Å². The van der Waals surface area contributed by atoms with Gasteiger partial charge in [0.2, 0.25) is 0 Å². The predicted octanol–water partition coefficient (Wildman–Crippen LogP) is 1.69. The number of halogens is 2. The standard InChI is InChI=1S/C8H7F2NO3/c1-13-8(12)14-7-3-6(11)4(9)2-5(7)10/h2-3H,11H2,1H3. The van der Waals surface area contributed by atoms with Crippen molar-refractivity contribution in [3.8, 4) is 5.75 Å². The molecule has 0 aliphatic carbocycles. The van der Waals surface area contributed by atoms with Crippen molar-refractivity contribution in [2.45, 2.75) is 0 Å². The molecule has 0 bridgehead atoms. The molecule has 6 heteroatoms. The van der Waals surface area contributed by atoms with Crippen LogP contribution in [0.25, 0.3) is 0 Å². The van der Waals surface area contributed by atoms with E-state index in [0.717, 1.165) is 13.2 Å². The number of carbonyl (C=O) groups excluding carboxylic acids is 1. The van der Waals surface area contributed by atoms with Crippen LogP contribution in [0.3, 0.4) is 0 Å². The number of methoxy groups -OCH3 is 1. The summed E-state index contributed by atoms with van der Waals surface area (Å²) in [6.07, 6.45) is -1.10. The lowest BCUT2D eigenvalue weighted by atomic mass is 10.3. The summed E-state index contributed by atoms with van der Waals surface area (Å²) in [6.45, 7) is 0. The molecule has 0 fully saturated rings. The van der Waals surface area contributed by atoms with Gasteiger partial charge < -0.3 is 15.2 Å². The summed E-state index contributed by atoms with van der Waals surface area (Å²) in [5, 5.41) is 0. The Balaban J connectivity index is 2.98. The van der Waals surface area contributed by atoms with E-state index >= 15 is 0 Å². The second-order valence-electron chi connectivity index (χ2n) is 2.36. The molecule has 0 heterocycles. The molecule has 2 N–H and O–H groups in total.